The molecule has 0 aliphatic rings. The summed E-state index contributed by atoms with van der Waals surface area (Å²) in [4.78, 5) is 11.4. The molecule has 0 radical (unpaired) electrons. The molecule has 0 saturated heterocycles. The van der Waals surface area contributed by atoms with Gasteiger partial charge in [0.15, 0.2) is 5.78 Å². The predicted molar refractivity (Wildman–Crippen MR) is 106 cm³/mol. The van der Waals surface area contributed by atoms with Crippen LogP contribution in [0, 0.1) is 0 Å². The molecule has 2 aromatic carbocycles. The number of benzene rings is 2. The monoisotopic (exact) mass is 334 g/mol. The quantitative estimate of drug-likeness (QED) is 0.439. The van der Waals surface area contributed by atoms with Gasteiger partial charge in [0.2, 0.25) is 0 Å². The Morgan fingerprint density at radius 2 is 1.72 bits per heavy atom. The van der Waals surface area contributed by atoms with Crippen LogP contribution in [0.2, 0.25) is 0 Å². The van der Waals surface area contributed by atoms with Crippen LogP contribution in [0.3, 0.4) is 0 Å². The van der Waals surface area contributed by atoms with E-state index in [4.69, 9.17) is 4.74 Å². The van der Waals surface area contributed by atoms with Crippen molar-refractivity contribution >= 4 is 16.9 Å². The highest BCUT2D eigenvalue weighted by atomic mass is 16.5. The molecular weight excluding hydrogens is 308 g/mol. The SMILES string of the molecule is C=C(C)c1ccc(C(=C)C)c(CCCOc2cccc(C(C)=O)c2)c1. The maximum absolute atomic E-state index is 11.4. The zero-order chi connectivity index (χ0) is 18.4. The third kappa shape index (κ3) is 5.18. The second-order valence-electron chi connectivity index (χ2n) is 6.47. The Hall–Kier alpha value is -2.61. The van der Waals surface area contributed by atoms with E-state index in [2.05, 4.69) is 31.4 Å². The molecule has 2 aromatic rings. The Morgan fingerprint density at radius 1 is 0.960 bits per heavy atom. The van der Waals surface area contributed by atoms with E-state index >= 15 is 0 Å². The molecule has 0 heterocycles. The Balaban J connectivity index is 2.00. The van der Waals surface area contributed by atoms with Gasteiger partial charge in [0.25, 0.3) is 0 Å². The average Bonchev–Trinajstić information content (AvgIpc) is 2.58. The molecule has 0 fully saturated rings. The smallest absolute Gasteiger partial charge is 0.159 e. The molecule has 0 aliphatic heterocycles. The second-order valence-corrected chi connectivity index (χ2v) is 6.47. The van der Waals surface area contributed by atoms with Gasteiger partial charge in [-0.2, -0.15) is 0 Å². The van der Waals surface area contributed by atoms with Gasteiger partial charge in [-0.15, -0.1) is 0 Å². The lowest BCUT2D eigenvalue weighted by molar-refractivity contribution is 0.101. The Kier molecular flexibility index (Phi) is 6.35. The van der Waals surface area contributed by atoms with E-state index in [9.17, 15) is 4.79 Å². The van der Waals surface area contributed by atoms with Gasteiger partial charge in [-0.3, -0.25) is 4.79 Å². The topological polar surface area (TPSA) is 26.3 Å². The molecule has 0 amide bonds. The minimum absolute atomic E-state index is 0.0492. The van der Waals surface area contributed by atoms with Crippen molar-refractivity contribution in [2.75, 3.05) is 6.61 Å². The number of ether oxygens (including phenoxy) is 1. The minimum atomic E-state index is 0.0492. The number of hydrogen-bond acceptors (Lipinski definition) is 2. The molecular formula is C23H26O2. The maximum Gasteiger partial charge on any atom is 0.159 e. The predicted octanol–water partition coefficient (Wildman–Crippen LogP) is 5.97. The van der Waals surface area contributed by atoms with Crippen LogP contribution in [0.5, 0.6) is 5.75 Å². The highest BCUT2D eigenvalue weighted by Crippen LogP contribution is 2.24. The van der Waals surface area contributed by atoms with Gasteiger partial charge < -0.3 is 4.74 Å². The molecule has 0 aromatic heterocycles. The van der Waals surface area contributed by atoms with Crippen LogP contribution in [0.4, 0.5) is 0 Å². The molecule has 0 atom stereocenters. The number of allylic oxidation sites excluding steroid dienone is 2. The number of carbonyl (C=O) groups excluding carboxylic acids is 1. The number of rotatable bonds is 8. The molecule has 0 N–H and O–H groups in total. The third-order valence-electron chi connectivity index (χ3n) is 4.16. The minimum Gasteiger partial charge on any atom is -0.494 e. The van der Waals surface area contributed by atoms with Gasteiger partial charge in [0.05, 0.1) is 6.61 Å². The summed E-state index contributed by atoms with van der Waals surface area (Å²) in [5.74, 6) is 0.789. The van der Waals surface area contributed by atoms with Crippen LogP contribution in [-0.4, -0.2) is 12.4 Å². The lowest BCUT2D eigenvalue weighted by Crippen LogP contribution is -2.02. The fourth-order valence-electron chi connectivity index (χ4n) is 2.74. The molecule has 2 heteroatoms. The van der Waals surface area contributed by atoms with Gasteiger partial charge in [0, 0.05) is 5.56 Å². The number of aryl methyl sites for hydroxylation is 1. The standard InChI is InChI=1S/C23H26O2/c1-16(2)19-11-12-23(17(3)4)21(14-19)9-7-13-25-22-10-6-8-20(15-22)18(5)24/h6,8,10-12,14-15H,1,3,7,9,13H2,2,4-5H3. The van der Waals surface area contributed by atoms with Gasteiger partial charge in [-0.1, -0.05) is 54.6 Å². The molecule has 0 bridgehead atoms. The summed E-state index contributed by atoms with van der Waals surface area (Å²) in [5.41, 5.74) is 6.44. The molecule has 0 unspecified atom stereocenters. The van der Waals surface area contributed by atoms with Crippen molar-refractivity contribution in [1.29, 1.82) is 0 Å². The summed E-state index contributed by atoms with van der Waals surface area (Å²) < 4.78 is 5.80. The van der Waals surface area contributed by atoms with Crippen LogP contribution < -0.4 is 4.74 Å². The zero-order valence-electron chi connectivity index (χ0n) is 15.4. The van der Waals surface area contributed by atoms with E-state index < -0.39 is 0 Å². The Bertz CT molecular complexity index is 799. The Labute approximate surface area is 150 Å². The average molecular weight is 334 g/mol. The van der Waals surface area contributed by atoms with Crippen LogP contribution in [-0.2, 0) is 6.42 Å². The van der Waals surface area contributed by atoms with Crippen LogP contribution >= 0.6 is 0 Å². The van der Waals surface area contributed by atoms with Crippen molar-refractivity contribution in [3.8, 4) is 5.75 Å². The highest BCUT2D eigenvalue weighted by Gasteiger charge is 2.06. The summed E-state index contributed by atoms with van der Waals surface area (Å²) in [6, 6.07) is 13.7. The van der Waals surface area contributed by atoms with E-state index in [0.29, 0.717) is 12.2 Å². The van der Waals surface area contributed by atoms with E-state index in [1.165, 1.54) is 11.1 Å². The van der Waals surface area contributed by atoms with Crippen molar-refractivity contribution in [1.82, 2.24) is 0 Å². The summed E-state index contributed by atoms with van der Waals surface area (Å²) in [5, 5.41) is 0. The lowest BCUT2D eigenvalue weighted by Gasteiger charge is -2.13. The number of Topliss-reactive ketones (excluding diaryl/α,β-unsaturated/α-hetero) is 1. The van der Waals surface area contributed by atoms with Crippen LogP contribution in [0.25, 0.3) is 11.1 Å². The summed E-state index contributed by atoms with van der Waals surface area (Å²) in [6.07, 6.45) is 1.81. The van der Waals surface area contributed by atoms with Crippen molar-refractivity contribution < 1.29 is 9.53 Å². The van der Waals surface area contributed by atoms with E-state index in [1.807, 2.05) is 26.0 Å². The van der Waals surface area contributed by atoms with Gasteiger partial charge in [0.1, 0.15) is 5.75 Å². The molecule has 0 saturated carbocycles. The second kappa shape index (κ2) is 8.48. The van der Waals surface area contributed by atoms with Crippen molar-refractivity contribution in [3.05, 3.63) is 77.9 Å². The van der Waals surface area contributed by atoms with Crippen molar-refractivity contribution in [2.24, 2.45) is 0 Å². The fourth-order valence-corrected chi connectivity index (χ4v) is 2.74. The van der Waals surface area contributed by atoms with E-state index in [0.717, 1.165) is 35.3 Å². The molecule has 0 spiro atoms. The molecule has 2 rings (SSSR count). The van der Waals surface area contributed by atoms with E-state index in [1.54, 1.807) is 19.1 Å². The van der Waals surface area contributed by atoms with Crippen LogP contribution in [0.15, 0.2) is 55.6 Å². The van der Waals surface area contributed by atoms with Gasteiger partial charge >= 0.3 is 0 Å². The molecule has 130 valence electrons. The molecule has 25 heavy (non-hydrogen) atoms. The molecule has 2 nitrogen and oxygen atoms in total. The first-order valence-electron chi connectivity index (χ1n) is 8.57. The summed E-state index contributed by atoms with van der Waals surface area (Å²) >= 11 is 0. The highest BCUT2D eigenvalue weighted by molar-refractivity contribution is 5.94. The first-order valence-corrected chi connectivity index (χ1v) is 8.57. The summed E-state index contributed by atoms with van der Waals surface area (Å²) in [6.45, 7) is 14.3. The third-order valence-corrected chi connectivity index (χ3v) is 4.16. The first kappa shape index (κ1) is 18.7. The van der Waals surface area contributed by atoms with Gasteiger partial charge in [-0.05, 0) is 62.4 Å². The number of ketones is 1. The summed E-state index contributed by atoms with van der Waals surface area (Å²) in [7, 11) is 0. The van der Waals surface area contributed by atoms with Crippen molar-refractivity contribution in [2.45, 2.75) is 33.6 Å². The molecule has 0 aliphatic carbocycles. The lowest BCUT2D eigenvalue weighted by atomic mass is 9.94. The fraction of sp³-hybridized carbons (Fsp3) is 0.261. The first-order chi connectivity index (χ1) is 11.9. The number of hydrogen-bond donors (Lipinski definition) is 0. The zero-order valence-corrected chi connectivity index (χ0v) is 15.4. The van der Waals surface area contributed by atoms with Gasteiger partial charge in [-0.25, -0.2) is 0 Å². The van der Waals surface area contributed by atoms with Crippen LogP contribution in [0.1, 0.15) is 54.2 Å². The number of carbonyl (C=O) groups is 1. The van der Waals surface area contributed by atoms with E-state index in [-0.39, 0.29) is 5.78 Å². The van der Waals surface area contributed by atoms with Crippen molar-refractivity contribution in [3.63, 3.8) is 0 Å². The maximum atomic E-state index is 11.4. The Morgan fingerprint density at radius 3 is 2.36 bits per heavy atom. The largest absolute Gasteiger partial charge is 0.494 e. The normalized spacial score (nSPS) is 10.4.